The predicted molar refractivity (Wildman–Crippen MR) is 87.1 cm³/mol. The van der Waals surface area contributed by atoms with Crippen LogP contribution in [0.25, 0.3) is 0 Å². The molecule has 6 heteroatoms. The summed E-state index contributed by atoms with van der Waals surface area (Å²) in [6.07, 6.45) is 6.67. The van der Waals surface area contributed by atoms with Crippen molar-refractivity contribution in [2.45, 2.75) is 32.3 Å². The van der Waals surface area contributed by atoms with Crippen molar-refractivity contribution < 1.29 is 9.53 Å². The molecule has 0 atom stereocenters. The molecule has 0 aromatic carbocycles. The smallest absolute Gasteiger partial charge is 0.274 e. The monoisotopic (exact) mass is 318 g/mol. The van der Waals surface area contributed by atoms with E-state index in [-0.39, 0.29) is 11.5 Å². The Bertz CT molecular complexity index is 527. The Morgan fingerprint density at radius 1 is 1.30 bits per heavy atom. The van der Waals surface area contributed by atoms with E-state index in [1.807, 2.05) is 4.90 Å². The molecule has 0 radical (unpaired) electrons. The molecule has 0 aliphatic carbocycles. The summed E-state index contributed by atoms with van der Waals surface area (Å²) in [4.78, 5) is 25.1. The van der Waals surface area contributed by atoms with E-state index in [0.29, 0.717) is 31.3 Å². The lowest BCUT2D eigenvalue weighted by molar-refractivity contribution is -0.127. The van der Waals surface area contributed by atoms with Crippen LogP contribution in [0, 0.1) is 5.92 Å². The van der Waals surface area contributed by atoms with Gasteiger partial charge in [0.15, 0.2) is 0 Å². The highest BCUT2D eigenvalue weighted by Crippen LogP contribution is 2.30. The number of carbonyl (C=O) groups is 1. The Balaban J connectivity index is 1.62. The number of likely N-dealkylation sites (tertiary alicyclic amines) is 1. The van der Waals surface area contributed by atoms with E-state index in [4.69, 9.17) is 4.74 Å². The highest BCUT2D eigenvalue weighted by Gasteiger charge is 2.41. The maximum atomic E-state index is 12.6. The van der Waals surface area contributed by atoms with Gasteiger partial charge >= 0.3 is 0 Å². The van der Waals surface area contributed by atoms with E-state index in [0.717, 1.165) is 32.5 Å². The maximum absolute atomic E-state index is 12.6. The fraction of sp³-hybridized carbons (Fsp3) is 0.706. The molecule has 23 heavy (non-hydrogen) atoms. The van der Waals surface area contributed by atoms with E-state index >= 15 is 0 Å². The van der Waals surface area contributed by atoms with Gasteiger partial charge in [-0.1, -0.05) is 13.8 Å². The van der Waals surface area contributed by atoms with Crippen molar-refractivity contribution in [1.82, 2.24) is 19.8 Å². The number of ether oxygens (including phenoxy) is 1. The number of carbonyl (C=O) groups excluding carboxylic acids is 1. The summed E-state index contributed by atoms with van der Waals surface area (Å²) in [5.41, 5.74) is 0.241. The highest BCUT2D eigenvalue weighted by molar-refractivity contribution is 5.92. The number of nitrogens with zero attached hydrogens (tertiary/aromatic N) is 4. The number of rotatable bonds is 3. The second-order valence-electron chi connectivity index (χ2n) is 7.04. The average Bonchev–Trinajstić information content (AvgIpc) is 2.57. The van der Waals surface area contributed by atoms with Crippen LogP contribution in [0.15, 0.2) is 18.6 Å². The fourth-order valence-electron chi connectivity index (χ4n) is 3.55. The average molecular weight is 318 g/mol. The van der Waals surface area contributed by atoms with Crippen LogP contribution in [-0.2, 0) is 4.74 Å². The Morgan fingerprint density at radius 3 is 2.74 bits per heavy atom. The summed E-state index contributed by atoms with van der Waals surface area (Å²) >= 11 is 0. The van der Waals surface area contributed by atoms with Crippen molar-refractivity contribution in [3.05, 3.63) is 24.3 Å². The van der Waals surface area contributed by atoms with Crippen LogP contribution in [0.5, 0.6) is 0 Å². The van der Waals surface area contributed by atoms with E-state index in [1.54, 1.807) is 12.4 Å². The zero-order chi connectivity index (χ0) is 16.3. The van der Waals surface area contributed by atoms with Crippen LogP contribution in [0.2, 0.25) is 0 Å². The molecule has 0 unspecified atom stereocenters. The maximum Gasteiger partial charge on any atom is 0.274 e. The van der Waals surface area contributed by atoms with Crippen molar-refractivity contribution in [3.8, 4) is 0 Å². The third kappa shape index (κ3) is 3.87. The first-order valence-corrected chi connectivity index (χ1v) is 8.50. The Hall–Kier alpha value is -1.53. The summed E-state index contributed by atoms with van der Waals surface area (Å²) in [6, 6.07) is 0. The van der Waals surface area contributed by atoms with Gasteiger partial charge in [0.25, 0.3) is 5.91 Å². The normalized spacial score (nSPS) is 21.8. The molecule has 3 rings (SSSR count). The first-order valence-electron chi connectivity index (χ1n) is 8.50. The number of hydrogen-bond acceptors (Lipinski definition) is 5. The molecule has 2 saturated heterocycles. The summed E-state index contributed by atoms with van der Waals surface area (Å²) in [7, 11) is 0. The minimum absolute atomic E-state index is 0.0367. The van der Waals surface area contributed by atoms with Crippen LogP contribution in [0.1, 0.15) is 37.2 Å². The largest absolute Gasteiger partial charge is 0.371 e. The van der Waals surface area contributed by atoms with Crippen molar-refractivity contribution >= 4 is 5.91 Å². The van der Waals surface area contributed by atoms with Gasteiger partial charge in [-0.2, -0.15) is 0 Å². The third-order valence-electron chi connectivity index (χ3n) is 4.71. The van der Waals surface area contributed by atoms with Gasteiger partial charge in [0.2, 0.25) is 0 Å². The summed E-state index contributed by atoms with van der Waals surface area (Å²) < 4.78 is 6.12. The van der Waals surface area contributed by atoms with Crippen LogP contribution in [0.4, 0.5) is 0 Å². The molecular weight excluding hydrogens is 292 g/mol. The van der Waals surface area contributed by atoms with Crippen molar-refractivity contribution in [1.29, 1.82) is 0 Å². The molecule has 6 nitrogen and oxygen atoms in total. The molecule has 126 valence electrons. The minimum atomic E-state index is -0.177. The number of piperidine rings is 1. The zero-order valence-electron chi connectivity index (χ0n) is 14.1. The molecule has 2 aliphatic heterocycles. The topological polar surface area (TPSA) is 58.6 Å². The van der Waals surface area contributed by atoms with Crippen molar-refractivity contribution in [2.24, 2.45) is 5.92 Å². The van der Waals surface area contributed by atoms with Gasteiger partial charge in [0.05, 0.1) is 24.9 Å². The minimum Gasteiger partial charge on any atom is -0.371 e. The van der Waals surface area contributed by atoms with E-state index in [2.05, 4.69) is 28.7 Å². The molecule has 3 heterocycles. The van der Waals surface area contributed by atoms with Gasteiger partial charge in [-0.05, 0) is 18.8 Å². The molecule has 1 aromatic rings. The SMILES string of the molecule is CC(C)CN1CCC2(CC1)CN(C(=O)c1cnccn1)CCO2. The number of hydrogen-bond donors (Lipinski definition) is 0. The van der Waals surface area contributed by atoms with Gasteiger partial charge < -0.3 is 14.5 Å². The molecule has 2 fully saturated rings. The lowest BCUT2D eigenvalue weighted by atomic mass is 9.89. The van der Waals surface area contributed by atoms with Gasteiger partial charge in [-0.25, -0.2) is 4.98 Å². The molecule has 0 bridgehead atoms. The van der Waals surface area contributed by atoms with Crippen molar-refractivity contribution in [2.75, 3.05) is 39.3 Å². The second kappa shape index (κ2) is 6.93. The Labute approximate surface area is 137 Å². The summed E-state index contributed by atoms with van der Waals surface area (Å²) in [5, 5.41) is 0. The number of aromatic nitrogens is 2. The molecule has 1 aromatic heterocycles. The first-order chi connectivity index (χ1) is 11.1. The summed E-state index contributed by atoms with van der Waals surface area (Å²) in [6.45, 7) is 9.64. The molecule has 0 saturated carbocycles. The molecule has 2 aliphatic rings. The van der Waals surface area contributed by atoms with E-state index in [9.17, 15) is 4.79 Å². The lowest BCUT2D eigenvalue weighted by Crippen LogP contribution is -2.58. The highest BCUT2D eigenvalue weighted by atomic mass is 16.5. The van der Waals surface area contributed by atoms with E-state index in [1.165, 1.54) is 6.20 Å². The van der Waals surface area contributed by atoms with Crippen LogP contribution < -0.4 is 0 Å². The van der Waals surface area contributed by atoms with Gasteiger partial charge in [-0.3, -0.25) is 9.78 Å². The van der Waals surface area contributed by atoms with E-state index < -0.39 is 0 Å². The van der Waals surface area contributed by atoms with Crippen LogP contribution >= 0.6 is 0 Å². The first kappa shape index (κ1) is 16.3. The molecule has 1 spiro atoms. The van der Waals surface area contributed by atoms with Crippen LogP contribution in [0.3, 0.4) is 0 Å². The Kier molecular flexibility index (Phi) is 4.92. The van der Waals surface area contributed by atoms with Gasteiger partial charge in [-0.15, -0.1) is 0 Å². The Morgan fingerprint density at radius 2 is 2.09 bits per heavy atom. The lowest BCUT2D eigenvalue weighted by Gasteiger charge is -2.47. The van der Waals surface area contributed by atoms with Gasteiger partial charge in [0.1, 0.15) is 5.69 Å². The zero-order valence-corrected chi connectivity index (χ0v) is 14.1. The second-order valence-corrected chi connectivity index (χ2v) is 7.04. The molecule has 1 amide bonds. The number of morpholine rings is 1. The molecule has 0 N–H and O–H groups in total. The number of amides is 1. The quantitative estimate of drug-likeness (QED) is 0.844. The van der Waals surface area contributed by atoms with Crippen molar-refractivity contribution in [3.63, 3.8) is 0 Å². The standard InChI is InChI=1S/C17H26N4O2/c1-14(2)12-20-7-3-17(4-8-20)13-21(9-10-23-17)16(22)15-11-18-5-6-19-15/h5-6,11,14H,3-4,7-10,12-13H2,1-2H3. The third-order valence-corrected chi connectivity index (χ3v) is 4.71. The van der Waals surface area contributed by atoms with Crippen LogP contribution in [-0.4, -0.2) is 70.6 Å². The summed E-state index contributed by atoms with van der Waals surface area (Å²) in [5.74, 6) is 0.649. The molecular formula is C17H26N4O2. The predicted octanol–water partition coefficient (Wildman–Crippen LogP) is 1.44. The fourth-order valence-corrected chi connectivity index (χ4v) is 3.55. The van der Waals surface area contributed by atoms with Gasteiger partial charge in [0, 0.05) is 38.6 Å².